The van der Waals surface area contributed by atoms with E-state index in [4.69, 9.17) is 20.6 Å². The number of rotatable bonds is 8. The van der Waals surface area contributed by atoms with Gasteiger partial charge in [0.2, 0.25) is 0 Å². The summed E-state index contributed by atoms with van der Waals surface area (Å²) in [6.45, 7) is 4.88. The topological polar surface area (TPSA) is 90.3 Å². The van der Waals surface area contributed by atoms with Crippen LogP contribution in [-0.2, 0) is 19.7 Å². The van der Waals surface area contributed by atoms with Crippen LogP contribution in [0.1, 0.15) is 33.5 Å². The van der Waals surface area contributed by atoms with E-state index in [0.717, 1.165) is 22.4 Å². The van der Waals surface area contributed by atoms with Gasteiger partial charge in [-0.15, -0.1) is 0 Å². The first kappa shape index (κ1) is 21.3. The largest absolute Gasteiger partial charge is 0.496 e. The molecule has 0 spiro atoms. The summed E-state index contributed by atoms with van der Waals surface area (Å²) in [7, 11) is 1.57. The van der Waals surface area contributed by atoms with E-state index >= 15 is 0 Å². The Bertz CT molecular complexity index is 1120. The summed E-state index contributed by atoms with van der Waals surface area (Å²) >= 11 is 0. The van der Waals surface area contributed by atoms with Crippen LogP contribution in [0.4, 0.5) is 0 Å². The third kappa shape index (κ3) is 4.44. The smallest absolute Gasteiger partial charge is 0.257 e. The van der Waals surface area contributed by atoms with Gasteiger partial charge in [-0.1, -0.05) is 30.3 Å². The second-order valence-electron chi connectivity index (χ2n) is 7.15. The van der Waals surface area contributed by atoms with Crippen LogP contribution in [0, 0.1) is 19.3 Å². The van der Waals surface area contributed by atoms with Gasteiger partial charge in [-0.2, -0.15) is 0 Å². The summed E-state index contributed by atoms with van der Waals surface area (Å²) in [5.74, 6) is 1.21. The zero-order valence-corrected chi connectivity index (χ0v) is 17.6. The first-order valence-corrected chi connectivity index (χ1v) is 9.76. The van der Waals surface area contributed by atoms with Crippen molar-refractivity contribution in [2.75, 3.05) is 7.11 Å². The van der Waals surface area contributed by atoms with Crippen molar-refractivity contribution in [2.24, 2.45) is 5.73 Å². The monoisotopic (exact) mass is 405 g/mol. The van der Waals surface area contributed by atoms with Crippen LogP contribution in [0.25, 0.3) is 0 Å². The quantitative estimate of drug-likeness (QED) is 0.561. The van der Waals surface area contributed by atoms with E-state index in [9.17, 15) is 4.79 Å². The summed E-state index contributed by atoms with van der Waals surface area (Å²) in [6, 6.07) is 15.3. The van der Waals surface area contributed by atoms with E-state index in [-0.39, 0.29) is 5.56 Å². The van der Waals surface area contributed by atoms with Gasteiger partial charge in [0.25, 0.3) is 5.56 Å². The van der Waals surface area contributed by atoms with E-state index < -0.39 is 0 Å². The second kappa shape index (κ2) is 9.41. The lowest BCUT2D eigenvalue weighted by Gasteiger charge is -2.16. The van der Waals surface area contributed by atoms with E-state index in [2.05, 4.69) is 0 Å². The SMILES string of the molecule is COc1ccc(Cn2c(C)cc(OCc3ccccc3CN)c(C)c2=O)cc1C=N. The fraction of sp³-hybridized carbons (Fsp3) is 0.250. The van der Waals surface area contributed by atoms with Crippen molar-refractivity contribution in [1.82, 2.24) is 4.57 Å². The van der Waals surface area contributed by atoms with Gasteiger partial charge in [0, 0.05) is 24.0 Å². The van der Waals surface area contributed by atoms with Crippen LogP contribution in [-0.4, -0.2) is 17.9 Å². The molecule has 0 atom stereocenters. The normalized spacial score (nSPS) is 10.7. The van der Waals surface area contributed by atoms with E-state index in [0.29, 0.717) is 42.3 Å². The van der Waals surface area contributed by atoms with Gasteiger partial charge in [0.1, 0.15) is 18.1 Å². The van der Waals surface area contributed by atoms with Crippen molar-refractivity contribution in [1.29, 1.82) is 5.41 Å². The van der Waals surface area contributed by atoms with Crippen molar-refractivity contribution >= 4 is 6.21 Å². The fourth-order valence-electron chi connectivity index (χ4n) is 3.42. The molecule has 3 aromatic rings. The van der Waals surface area contributed by atoms with Crippen molar-refractivity contribution in [3.05, 3.63) is 92.4 Å². The average Bonchev–Trinajstić information content (AvgIpc) is 2.78. The molecule has 6 nitrogen and oxygen atoms in total. The number of pyridine rings is 1. The molecule has 30 heavy (non-hydrogen) atoms. The third-order valence-electron chi connectivity index (χ3n) is 5.21. The lowest BCUT2D eigenvalue weighted by Crippen LogP contribution is -2.25. The molecule has 156 valence electrons. The first-order valence-electron chi connectivity index (χ1n) is 9.76. The first-order chi connectivity index (χ1) is 14.5. The molecule has 6 heteroatoms. The molecular formula is C24H27N3O3. The molecule has 0 radical (unpaired) electrons. The summed E-state index contributed by atoms with van der Waals surface area (Å²) in [5.41, 5.74) is 10.7. The molecule has 1 aromatic heterocycles. The van der Waals surface area contributed by atoms with Crippen molar-refractivity contribution < 1.29 is 9.47 Å². The van der Waals surface area contributed by atoms with Crippen LogP contribution < -0.4 is 20.8 Å². The molecule has 0 aliphatic rings. The van der Waals surface area contributed by atoms with Crippen LogP contribution in [0.3, 0.4) is 0 Å². The Kier molecular flexibility index (Phi) is 6.69. The lowest BCUT2D eigenvalue weighted by atomic mass is 10.1. The van der Waals surface area contributed by atoms with Gasteiger partial charge in [-0.25, -0.2) is 0 Å². The van der Waals surface area contributed by atoms with Crippen molar-refractivity contribution in [2.45, 2.75) is 33.5 Å². The molecular weight excluding hydrogens is 378 g/mol. The minimum atomic E-state index is -0.0932. The molecule has 0 bridgehead atoms. The highest BCUT2D eigenvalue weighted by Crippen LogP contribution is 2.21. The number of hydrogen-bond acceptors (Lipinski definition) is 5. The zero-order valence-electron chi connectivity index (χ0n) is 17.6. The molecule has 0 saturated heterocycles. The fourth-order valence-corrected chi connectivity index (χ4v) is 3.42. The van der Waals surface area contributed by atoms with Crippen LogP contribution in [0.15, 0.2) is 53.3 Å². The number of methoxy groups -OCH3 is 1. The van der Waals surface area contributed by atoms with Crippen LogP contribution in [0.5, 0.6) is 11.5 Å². The van der Waals surface area contributed by atoms with Gasteiger partial charge in [0.05, 0.1) is 19.2 Å². The maximum atomic E-state index is 13.0. The highest BCUT2D eigenvalue weighted by Gasteiger charge is 2.13. The number of ether oxygens (including phenoxy) is 2. The van der Waals surface area contributed by atoms with Gasteiger partial charge in [-0.3, -0.25) is 4.79 Å². The molecule has 0 aliphatic heterocycles. The summed E-state index contributed by atoms with van der Waals surface area (Å²) < 4.78 is 13.0. The second-order valence-corrected chi connectivity index (χ2v) is 7.15. The Hall–Kier alpha value is -3.38. The van der Waals surface area contributed by atoms with Gasteiger partial charge in [-0.05, 0) is 48.7 Å². The predicted molar refractivity (Wildman–Crippen MR) is 119 cm³/mol. The highest BCUT2D eigenvalue weighted by atomic mass is 16.5. The molecule has 1 heterocycles. The Labute approximate surface area is 176 Å². The maximum Gasteiger partial charge on any atom is 0.257 e. The standard InChI is InChI=1S/C24H27N3O3/c1-16-10-23(30-15-20-7-5-4-6-19(20)12-25)17(2)24(28)27(16)14-18-8-9-22(29-3)21(11-18)13-26/h4-11,13,26H,12,14-15,25H2,1-3H3. The summed E-state index contributed by atoms with van der Waals surface area (Å²) in [4.78, 5) is 13.0. The van der Waals surface area contributed by atoms with E-state index in [1.807, 2.05) is 55.5 Å². The molecule has 2 aromatic carbocycles. The molecule has 3 rings (SSSR count). The van der Waals surface area contributed by atoms with E-state index in [1.54, 1.807) is 18.6 Å². The molecule has 0 aliphatic carbocycles. The molecule has 0 amide bonds. The Balaban J connectivity index is 1.86. The van der Waals surface area contributed by atoms with Crippen molar-refractivity contribution in [3.8, 4) is 11.5 Å². The van der Waals surface area contributed by atoms with E-state index in [1.165, 1.54) is 6.21 Å². The number of nitrogens with two attached hydrogens (primary N) is 1. The van der Waals surface area contributed by atoms with Gasteiger partial charge >= 0.3 is 0 Å². The van der Waals surface area contributed by atoms with Gasteiger partial charge in [0.15, 0.2) is 0 Å². The van der Waals surface area contributed by atoms with Crippen LogP contribution >= 0.6 is 0 Å². The Morgan fingerprint density at radius 1 is 1.07 bits per heavy atom. The number of nitrogens with zero attached hydrogens (tertiary/aromatic N) is 1. The highest BCUT2D eigenvalue weighted by molar-refractivity contribution is 5.81. The predicted octanol–water partition coefficient (Wildman–Crippen LogP) is 3.56. The minimum Gasteiger partial charge on any atom is -0.496 e. The molecule has 0 fully saturated rings. The molecule has 0 saturated carbocycles. The number of hydrogen-bond donors (Lipinski definition) is 2. The number of aryl methyl sites for hydroxylation is 1. The summed E-state index contributed by atoms with van der Waals surface area (Å²) in [6.07, 6.45) is 1.25. The molecule has 3 N–H and O–H groups in total. The summed E-state index contributed by atoms with van der Waals surface area (Å²) in [5, 5.41) is 7.56. The van der Waals surface area contributed by atoms with Crippen LogP contribution in [0.2, 0.25) is 0 Å². The van der Waals surface area contributed by atoms with Crippen molar-refractivity contribution in [3.63, 3.8) is 0 Å². The molecule has 0 unspecified atom stereocenters. The Morgan fingerprint density at radius 3 is 2.47 bits per heavy atom. The zero-order chi connectivity index (χ0) is 21.7. The number of aromatic nitrogens is 1. The Morgan fingerprint density at radius 2 is 1.80 bits per heavy atom. The maximum absolute atomic E-state index is 13.0. The number of benzene rings is 2. The van der Waals surface area contributed by atoms with Gasteiger partial charge < -0.3 is 25.2 Å². The minimum absolute atomic E-state index is 0.0932. The lowest BCUT2D eigenvalue weighted by molar-refractivity contribution is 0.301. The average molecular weight is 405 g/mol. The third-order valence-corrected chi connectivity index (χ3v) is 5.21. The number of nitrogens with one attached hydrogen (secondary N) is 1.